The number of nitrogens with zero attached hydrogens (tertiary/aromatic N) is 2. The third-order valence-corrected chi connectivity index (χ3v) is 3.17. The van der Waals surface area contributed by atoms with Crippen molar-refractivity contribution in [3.05, 3.63) is 40.8 Å². The molecule has 0 saturated heterocycles. The number of hydrogen-bond donors (Lipinski definition) is 1. The number of carbonyl (C=O) groups excluding carboxylic acids is 1. The first kappa shape index (κ1) is 14.0. The van der Waals surface area contributed by atoms with Crippen molar-refractivity contribution in [2.24, 2.45) is 0 Å². The molecule has 2 N–H and O–H groups in total. The lowest BCUT2D eigenvalue weighted by Crippen LogP contribution is -2.09. The van der Waals surface area contributed by atoms with Gasteiger partial charge in [0.1, 0.15) is 5.82 Å². The number of benzene rings is 1. The van der Waals surface area contributed by atoms with Crippen LogP contribution in [0.5, 0.6) is 5.75 Å². The van der Waals surface area contributed by atoms with Crippen LogP contribution in [-0.4, -0.2) is 22.8 Å². The smallest absolute Gasteiger partial charge is 0.244 e. The second-order valence-corrected chi connectivity index (χ2v) is 4.53. The highest BCUT2D eigenvalue weighted by atomic mass is 19.1. The fraction of sp³-hybridized carbons (Fsp3) is 0.286. The zero-order valence-corrected chi connectivity index (χ0v) is 11.6. The molecule has 0 radical (unpaired) electrons. The summed E-state index contributed by atoms with van der Waals surface area (Å²) in [6.45, 7) is 3.18. The van der Waals surface area contributed by atoms with E-state index in [1.807, 2.05) is 0 Å². The zero-order chi connectivity index (χ0) is 14.9. The Balaban J connectivity index is 2.35. The third-order valence-electron chi connectivity index (χ3n) is 3.17. The molecule has 106 valence electrons. The van der Waals surface area contributed by atoms with Crippen LogP contribution in [0.15, 0.2) is 18.2 Å². The van der Waals surface area contributed by atoms with E-state index in [-0.39, 0.29) is 17.5 Å². The van der Waals surface area contributed by atoms with Crippen molar-refractivity contribution in [3.8, 4) is 5.75 Å². The molecule has 2 aromatic rings. The first-order valence-electron chi connectivity index (χ1n) is 6.11. The van der Waals surface area contributed by atoms with Crippen molar-refractivity contribution < 1.29 is 13.9 Å². The molecule has 0 spiro atoms. The fourth-order valence-corrected chi connectivity index (χ4v) is 2.11. The lowest BCUT2D eigenvalue weighted by molar-refractivity contribution is 0.0919. The van der Waals surface area contributed by atoms with Crippen molar-refractivity contribution in [2.75, 3.05) is 12.8 Å². The Hall–Kier alpha value is -2.37. The average molecular weight is 277 g/mol. The minimum Gasteiger partial charge on any atom is -0.494 e. The molecule has 20 heavy (non-hydrogen) atoms. The number of carbonyl (C=O) groups is 1. The molecule has 2 rings (SSSR count). The Morgan fingerprint density at radius 1 is 1.50 bits per heavy atom. The molecule has 0 aliphatic carbocycles. The topological polar surface area (TPSA) is 70.1 Å². The lowest BCUT2D eigenvalue weighted by atomic mass is 10.0. The van der Waals surface area contributed by atoms with Crippen LogP contribution in [0.25, 0.3) is 0 Å². The summed E-state index contributed by atoms with van der Waals surface area (Å²) < 4.78 is 19.8. The largest absolute Gasteiger partial charge is 0.494 e. The SMILES string of the molecule is COc1ccc(Cc2c(N)nn(C(C)=O)c2C)cc1F. The molecule has 1 aromatic heterocycles. The van der Waals surface area contributed by atoms with Crippen LogP contribution in [0.1, 0.15) is 28.5 Å². The van der Waals surface area contributed by atoms with E-state index in [4.69, 9.17) is 10.5 Å². The molecule has 0 atom stereocenters. The van der Waals surface area contributed by atoms with Gasteiger partial charge in [0, 0.05) is 24.6 Å². The molecule has 0 saturated carbocycles. The minimum atomic E-state index is -0.430. The molecule has 0 aliphatic heterocycles. The minimum absolute atomic E-state index is 0.192. The maximum absolute atomic E-state index is 13.7. The van der Waals surface area contributed by atoms with Gasteiger partial charge in [-0.1, -0.05) is 6.07 Å². The van der Waals surface area contributed by atoms with Gasteiger partial charge in [0.25, 0.3) is 0 Å². The molecule has 5 nitrogen and oxygen atoms in total. The van der Waals surface area contributed by atoms with E-state index < -0.39 is 5.82 Å². The predicted octanol–water partition coefficient (Wildman–Crippen LogP) is 2.17. The highest BCUT2D eigenvalue weighted by Crippen LogP contribution is 2.23. The number of hydrogen-bond acceptors (Lipinski definition) is 4. The first-order valence-corrected chi connectivity index (χ1v) is 6.11. The Labute approximate surface area is 116 Å². The summed E-state index contributed by atoms with van der Waals surface area (Å²) in [5.74, 6) is -0.159. The second kappa shape index (κ2) is 5.32. The van der Waals surface area contributed by atoms with Crippen LogP contribution in [0.2, 0.25) is 0 Å². The highest BCUT2D eigenvalue weighted by Gasteiger charge is 2.15. The summed E-state index contributed by atoms with van der Waals surface area (Å²) in [6.07, 6.45) is 0.409. The van der Waals surface area contributed by atoms with Gasteiger partial charge >= 0.3 is 0 Å². The quantitative estimate of drug-likeness (QED) is 0.933. The molecule has 0 fully saturated rings. The number of ether oxygens (including phenoxy) is 1. The van der Waals surface area contributed by atoms with Gasteiger partial charge in [-0.3, -0.25) is 4.79 Å². The van der Waals surface area contributed by atoms with E-state index in [1.165, 1.54) is 24.8 Å². The Morgan fingerprint density at radius 2 is 2.20 bits per heavy atom. The molecule has 0 unspecified atom stereocenters. The van der Waals surface area contributed by atoms with Gasteiger partial charge < -0.3 is 10.5 Å². The van der Waals surface area contributed by atoms with Gasteiger partial charge in [-0.25, -0.2) is 9.07 Å². The predicted molar refractivity (Wildman–Crippen MR) is 73.4 cm³/mol. The van der Waals surface area contributed by atoms with Crippen LogP contribution in [0, 0.1) is 12.7 Å². The number of rotatable bonds is 3. The molecule has 0 amide bonds. The van der Waals surface area contributed by atoms with Gasteiger partial charge in [0.15, 0.2) is 11.6 Å². The Morgan fingerprint density at radius 3 is 2.70 bits per heavy atom. The van der Waals surface area contributed by atoms with Crippen molar-refractivity contribution in [1.29, 1.82) is 0 Å². The van der Waals surface area contributed by atoms with Crippen LogP contribution in [-0.2, 0) is 6.42 Å². The Bertz CT molecular complexity index is 665. The number of methoxy groups -OCH3 is 1. The van der Waals surface area contributed by atoms with E-state index in [2.05, 4.69) is 5.10 Å². The van der Waals surface area contributed by atoms with Gasteiger partial charge in [0.05, 0.1) is 7.11 Å². The van der Waals surface area contributed by atoms with Gasteiger partial charge in [-0.2, -0.15) is 0 Å². The number of halogens is 1. The third kappa shape index (κ3) is 2.49. The second-order valence-electron chi connectivity index (χ2n) is 4.53. The van der Waals surface area contributed by atoms with Crippen LogP contribution >= 0.6 is 0 Å². The van der Waals surface area contributed by atoms with Crippen molar-refractivity contribution >= 4 is 11.7 Å². The molecule has 0 bridgehead atoms. The van der Waals surface area contributed by atoms with E-state index in [1.54, 1.807) is 19.1 Å². The van der Waals surface area contributed by atoms with Crippen molar-refractivity contribution in [1.82, 2.24) is 9.78 Å². The summed E-state index contributed by atoms with van der Waals surface area (Å²) in [7, 11) is 1.41. The van der Waals surface area contributed by atoms with Crippen LogP contribution in [0.3, 0.4) is 0 Å². The maximum atomic E-state index is 13.7. The molecular weight excluding hydrogens is 261 g/mol. The number of nitrogen functional groups attached to an aromatic ring is 1. The van der Waals surface area contributed by atoms with Crippen molar-refractivity contribution in [2.45, 2.75) is 20.3 Å². The van der Waals surface area contributed by atoms with E-state index in [9.17, 15) is 9.18 Å². The summed E-state index contributed by atoms with van der Waals surface area (Å²) in [4.78, 5) is 11.4. The fourth-order valence-electron chi connectivity index (χ4n) is 2.11. The Kier molecular flexibility index (Phi) is 3.74. The highest BCUT2D eigenvalue weighted by molar-refractivity contribution is 5.77. The van der Waals surface area contributed by atoms with Crippen LogP contribution in [0.4, 0.5) is 10.2 Å². The van der Waals surface area contributed by atoms with E-state index in [0.29, 0.717) is 12.1 Å². The van der Waals surface area contributed by atoms with E-state index in [0.717, 1.165) is 11.1 Å². The maximum Gasteiger partial charge on any atom is 0.244 e. The monoisotopic (exact) mass is 277 g/mol. The van der Waals surface area contributed by atoms with Gasteiger partial charge in [-0.15, -0.1) is 5.10 Å². The normalized spacial score (nSPS) is 10.6. The summed E-state index contributed by atoms with van der Waals surface area (Å²) >= 11 is 0. The number of nitrogens with two attached hydrogens (primary N) is 1. The molecule has 1 heterocycles. The molecule has 0 aliphatic rings. The number of anilines is 1. The van der Waals surface area contributed by atoms with Crippen LogP contribution < -0.4 is 10.5 Å². The lowest BCUT2D eigenvalue weighted by Gasteiger charge is -2.06. The van der Waals surface area contributed by atoms with Gasteiger partial charge in [0.2, 0.25) is 5.91 Å². The summed E-state index contributed by atoms with van der Waals surface area (Å²) in [6, 6.07) is 4.71. The molecular formula is C14H16FN3O2. The van der Waals surface area contributed by atoms with E-state index >= 15 is 0 Å². The first-order chi connectivity index (χ1) is 9.43. The number of aromatic nitrogens is 2. The van der Waals surface area contributed by atoms with Gasteiger partial charge in [-0.05, 0) is 24.6 Å². The van der Waals surface area contributed by atoms with Crippen molar-refractivity contribution in [3.63, 3.8) is 0 Å². The standard InChI is InChI=1S/C14H16FN3O2/c1-8-11(14(16)17-18(8)9(2)19)6-10-4-5-13(20-3)12(15)7-10/h4-5,7H,6H2,1-3H3,(H2,16,17). The summed E-state index contributed by atoms with van der Waals surface area (Å²) in [5.41, 5.74) is 7.96. The molecule has 6 heteroatoms. The summed E-state index contributed by atoms with van der Waals surface area (Å²) in [5, 5.41) is 3.99. The average Bonchev–Trinajstić information content (AvgIpc) is 2.67. The zero-order valence-electron chi connectivity index (χ0n) is 11.6. The molecule has 1 aromatic carbocycles.